The molecular formula is C22H21NO4S. The van der Waals surface area contributed by atoms with Crippen molar-refractivity contribution in [1.82, 2.24) is 5.32 Å². The molecule has 0 aliphatic rings. The van der Waals surface area contributed by atoms with Gasteiger partial charge in [0, 0.05) is 10.6 Å². The third-order valence-electron chi connectivity index (χ3n) is 4.41. The zero-order valence-corrected chi connectivity index (χ0v) is 16.0. The quantitative estimate of drug-likeness (QED) is 0.614. The first-order valence-corrected chi connectivity index (χ1v) is 10.3. The lowest BCUT2D eigenvalue weighted by atomic mass is 10.0. The van der Waals surface area contributed by atoms with Crippen LogP contribution in [-0.2, 0) is 26.8 Å². The van der Waals surface area contributed by atoms with E-state index in [1.807, 2.05) is 48.5 Å². The molecule has 0 radical (unpaired) electrons. The second kappa shape index (κ2) is 9.28. The molecule has 6 heteroatoms. The minimum atomic E-state index is -1.30. The van der Waals surface area contributed by atoms with E-state index >= 15 is 0 Å². The Hall–Kier alpha value is -2.99. The number of benzene rings is 3. The molecule has 3 aromatic rings. The molecule has 1 amide bonds. The number of carboxylic acid groups (broad SMARTS) is 1. The summed E-state index contributed by atoms with van der Waals surface area (Å²) in [4.78, 5) is 24.5. The van der Waals surface area contributed by atoms with E-state index in [-0.39, 0.29) is 24.5 Å². The summed E-state index contributed by atoms with van der Waals surface area (Å²) in [5, 5.41) is 14.1. The highest BCUT2D eigenvalue weighted by Crippen LogP contribution is 2.16. The number of nitrogens with one attached hydrogen (secondary N) is 1. The van der Waals surface area contributed by atoms with Gasteiger partial charge >= 0.3 is 5.97 Å². The predicted octanol–water partition coefficient (Wildman–Crippen LogP) is 3.15. The number of rotatable bonds is 8. The Morgan fingerprint density at radius 1 is 0.929 bits per heavy atom. The Morgan fingerprint density at radius 2 is 1.61 bits per heavy atom. The fourth-order valence-electron chi connectivity index (χ4n) is 2.95. The van der Waals surface area contributed by atoms with Crippen LogP contribution in [-0.4, -0.2) is 33.0 Å². The molecular weight excluding hydrogens is 374 g/mol. The monoisotopic (exact) mass is 395 g/mol. The first-order valence-electron chi connectivity index (χ1n) is 8.96. The van der Waals surface area contributed by atoms with E-state index in [9.17, 15) is 18.9 Å². The SMILES string of the molecule is O=C(Cc1ccc2ccccc2c1)N[C@H](CC[S@@](=O)c1ccccc1)C(=O)O. The normalized spacial score (nSPS) is 13.0. The first kappa shape index (κ1) is 19.8. The van der Waals surface area contributed by atoms with Crippen molar-refractivity contribution in [1.29, 1.82) is 0 Å². The molecule has 3 aromatic carbocycles. The molecule has 0 spiro atoms. The average Bonchev–Trinajstić information content (AvgIpc) is 2.71. The van der Waals surface area contributed by atoms with Crippen LogP contribution < -0.4 is 5.32 Å². The maximum atomic E-state index is 12.3. The van der Waals surface area contributed by atoms with Crippen LogP contribution in [0.1, 0.15) is 12.0 Å². The largest absolute Gasteiger partial charge is 0.480 e. The van der Waals surface area contributed by atoms with Gasteiger partial charge in [-0.05, 0) is 34.9 Å². The second-order valence-corrected chi connectivity index (χ2v) is 8.04. The molecule has 0 aliphatic heterocycles. The summed E-state index contributed by atoms with van der Waals surface area (Å²) >= 11 is 0. The van der Waals surface area contributed by atoms with Crippen molar-refractivity contribution >= 4 is 33.4 Å². The van der Waals surface area contributed by atoms with Gasteiger partial charge in [0.25, 0.3) is 0 Å². The van der Waals surface area contributed by atoms with E-state index in [0.29, 0.717) is 4.90 Å². The van der Waals surface area contributed by atoms with E-state index < -0.39 is 22.8 Å². The fraction of sp³-hybridized carbons (Fsp3) is 0.182. The van der Waals surface area contributed by atoms with Crippen molar-refractivity contribution in [2.75, 3.05) is 5.75 Å². The molecule has 0 fully saturated rings. The third kappa shape index (κ3) is 5.27. The summed E-state index contributed by atoms with van der Waals surface area (Å²) in [6.45, 7) is 0. The Balaban J connectivity index is 1.59. The van der Waals surface area contributed by atoms with Crippen molar-refractivity contribution in [3.05, 3.63) is 78.4 Å². The Labute approximate surface area is 165 Å². The van der Waals surface area contributed by atoms with Gasteiger partial charge in [-0.1, -0.05) is 60.7 Å². The lowest BCUT2D eigenvalue weighted by Crippen LogP contribution is -2.42. The molecule has 0 aromatic heterocycles. The van der Waals surface area contributed by atoms with Crippen LogP contribution in [0.25, 0.3) is 10.8 Å². The molecule has 2 N–H and O–H groups in total. The number of amides is 1. The third-order valence-corrected chi connectivity index (χ3v) is 5.81. The van der Waals surface area contributed by atoms with Crippen molar-refractivity contribution in [3.63, 3.8) is 0 Å². The zero-order valence-electron chi connectivity index (χ0n) is 15.2. The van der Waals surface area contributed by atoms with Gasteiger partial charge in [-0.25, -0.2) is 4.79 Å². The maximum Gasteiger partial charge on any atom is 0.326 e. The molecule has 3 rings (SSSR count). The van der Waals surface area contributed by atoms with E-state index in [2.05, 4.69) is 5.32 Å². The number of hydrogen-bond acceptors (Lipinski definition) is 3. The summed E-state index contributed by atoms with van der Waals surface area (Å²) in [7, 11) is -1.30. The van der Waals surface area contributed by atoms with E-state index in [4.69, 9.17) is 0 Å². The van der Waals surface area contributed by atoms with Gasteiger partial charge in [-0.3, -0.25) is 9.00 Å². The van der Waals surface area contributed by atoms with Gasteiger partial charge in [0.1, 0.15) is 6.04 Å². The van der Waals surface area contributed by atoms with Crippen LogP contribution in [0.2, 0.25) is 0 Å². The van der Waals surface area contributed by atoms with Crippen molar-refractivity contribution in [3.8, 4) is 0 Å². The number of carbonyl (C=O) groups is 2. The second-order valence-electron chi connectivity index (χ2n) is 6.47. The minimum Gasteiger partial charge on any atom is -0.480 e. The van der Waals surface area contributed by atoms with Crippen LogP contribution in [0.4, 0.5) is 0 Å². The fourth-order valence-corrected chi connectivity index (χ4v) is 4.10. The highest BCUT2D eigenvalue weighted by molar-refractivity contribution is 7.85. The highest BCUT2D eigenvalue weighted by atomic mass is 32.2. The molecule has 2 atom stereocenters. The van der Waals surface area contributed by atoms with E-state index in [1.165, 1.54) is 0 Å². The minimum absolute atomic E-state index is 0.0936. The molecule has 0 heterocycles. The number of fused-ring (bicyclic) bond motifs is 1. The molecule has 0 bridgehead atoms. The number of carboxylic acids is 1. The van der Waals surface area contributed by atoms with Crippen LogP contribution >= 0.6 is 0 Å². The maximum absolute atomic E-state index is 12.3. The van der Waals surface area contributed by atoms with E-state index in [0.717, 1.165) is 16.3 Å². The molecule has 5 nitrogen and oxygen atoms in total. The summed E-state index contributed by atoms with van der Waals surface area (Å²) in [5.41, 5.74) is 0.813. The predicted molar refractivity (Wildman–Crippen MR) is 110 cm³/mol. The molecule has 0 unspecified atom stereocenters. The molecule has 0 saturated heterocycles. The topological polar surface area (TPSA) is 83.5 Å². The Morgan fingerprint density at radius 3 is 2.32 bits per heavy atom. The van der Waals surface area contributed by atoms with Crippen LogP contribution in [0.5, 0.6) is 0 Å². The smallest absolute Gasteiger partial charge is 0.326 e. The van der Waals surface area contributed by atoms with Gasteiger partial charge in [0.15, 0.2) is 0 Å². The summed E-state index contributed by atoms with van der Waals surface area (Å²) in [6.07, 6.45) is 0.191. The van der Waals surface area contributed by atoms with Crippen LogP contribution in [0.15, 0.2) is 77.7 Å². The van der Waals surface area contributed by atoms with Gasteiger partial charge in [0.2, 0.25) is 5.91 Å². The van der Waals surface area contributed by atoms with Gasteiger partial charge in [0.05, 0.1) is 17.2 Å². The standard InChI is InChI=1S/C22H21NO4S/c24-21(15-16-10-11-17-6-4-5-7-18(17)14-16)23-20(22(25)26)12-13-28(27)19-8-2-1-3-9-19/h1-11,14,20H,12-13,15H2,(H,23,24)(H,25,26)/t20-,28-/m1/s1. The van der Waals surface area contributed by atoms with Crippen molar-refractivity contribution < 1.29 is 18.9 Å². The molecule has 28 heavy (non-hydrogen) atoms. The van der Waals surface area contributed by atoms with Crippen molar-refractivity contribution in [2.45, 2.75) is 23.8 Å². The Kier molecular flexibility index (Phi) is 6.55. The highest BCUT2D eigenvalue weighted by Gasteiger charge is 2.21. The molecule has 0 aliphatic carbocycles. The Bertz CT molecular complexity index is 1000. The molecule has 144 valence electrons. The van der Waals surface area contributed by atoms with Crippen molar-refractivity contribution in [2.24, 2.45) is 0 Å². The average molecular weight is 395 g/mol. The zero-order chi connectivity index (χ0) is 19.9. The van der Waals surface area contributed by atoms with Gasteiger partial charge < -0.3 is 10.4 Å². The summed E-state index contributed by atoms with van der Waals surface area (Å²) < 4.78 is 12.3. The van der Waals surface area contributed by atoms with Gasteiger partial charge in [-0.2, -0.15) is 0 Å². The van der Waals surface area contributed by atoms with Gasteiger partial charge in [-0.15, -0.1) is 0 Å². The molecule has 0 saturated carbocycles. The lowest BCUT2D eigenvalue weighted by molar-refractivity contribution is -0.141. The van der Waals surface area contributed by atoms with E-state index in [1.54, 1.807) is 24.3 Å². The lowest BCUT2D eigenvalue weighted by Gasteiger charge is -2.14. The van der Waals surface area contributed by atoms with Crippen LogP contribution in [0.3, 0.4) is 0 Å². The number of hydrogen-bond donors (Lipinski definition) is 2. The number of aliphatic carboxylic acids is 1. The number of carbonyl (C=O) groups excluding carboxylic acids is 1. The summed E-state index contributed by atoms with van der Waals surface area (Å²) in [6, 6.07) is 21.4. The van der Waals surface area contributed by atoms with Crippen LogP contribution in [0, 0.1) is 0 Å². The summed E-state index contributed by atoms with van der Waals surface area (Å²) in [5.74, 6) is -1.33. The first-order chi connectivity index (χ1) is 13.5.